The lowest BCUT2D eigenvalue weighted by Crippen LogP contribution is -2.20. The molecular weight excluding hydrogens is 328 g/mol. The van der Waals surface area contributed by atoms with Crippen LogP contribution in [0.3, 0.4) is 0 Å². The van der Waals surface area contributed by atoms with Gasteiger partial charge in [-0.15, -0.1) is 0 Å². The van der Waals surface area contributed by atoms with Crippen molar-refractivity contribution in [3.05, 3.63) is 54.1 Å². The maximum Gasteiger partial charge on any atom is 0.326 e. The van der Waals surface area contributed by atoms with Crippen LogP contribution in [0.2, 0.25) is 0 Å². The van der Waals surface area contributed by atoms with Crippen molar-refractivity contribution >= 4 is 22.8 Å². The minimum absolute atomic E-state index is 0.00332. The van der Waals surface area contributed by atoms with Crippen molar-refractivity contribution in [1.82, 2.24) is 9.55 Å². The van der Waals surface area contributed by atoms with E-state index >= 15 is 0 Å². The summed E-state index contributed by atoms with van der Waals surface area (Å²) in [7, 11) is 0. The van der Waals surface area contributed by atoms with E-state index in [-0.39, 0.29) is 5.78 Å². The van der Waals surface area contributed by atoms with Gasteiger partial charge in [0.1, 0.15) is 11.9 Å². The van der Waals surface area contributed by atoms with Gasteiger partial charge in [-0.05, 0) is 25.5 Å². The average molecular weight is 350 g/mol. The zero-order chi connectivity index (χ0) is 18.7. The standard InChI is InChI=1S/C21H22N2O3/c1-3-4-8-19(21(25)26)23-18-9-6-5-7-17(18)22-20(23)16-12-10-15(11-13-16)14(2)24/h5-7,9-13,19H,3-4,8H2,1-2H3,(H,25,26). The first kappa shape index (κ1) is 17.9. The van der Waals surface area contributed by atoms with E-state index in [1.165, 1.54) is 6.92 Å². The molecule has 3 rings (SSSR count). The van der Waals surface area contributed by atoms with E-state index in [2.05, 4.69) is 4.98 Å². The maximum atomic E-state index is 12.0. The number of imidazole rings is 1. The van der Waals surface area contributed by atoms with Crippen LogP contribution < -0.4 is 0 Å². The highest BCUT2D eigenvalue weighted by Crippen LogP contribution is 2.31. The van der Waals surface area contributed by atoms with Crippen molar-refractivity contribution in [3.63, 3.8) is 0 Å². The molecule has 0 radical (unpaired) electrons. The normalized spacial score (nSPS) is 12.2. The van der Waals surface area contributed by atoms with E-state index in [9.17, 15) is 14.7 Å². The Hall–Kier alpha value is -2.95. The Morgan fingerprint density at radius 2 is 1.81 bits per heavy atom. The molecule has 5 heteroatoms. The van der Waals surface area contributed by atoms with Gasteiger partial charge in [0.15, 0.2) is 5.78 Å². The molecule has 1 aromatic heterocycles. The quantitative estimate of drug-likeness (QED) is 0.626. The molecule has 1 N–H and O–H groups in total. The highest BCUT2D eigenvalue weighted by atomic mass is 16.4. The molecule has 0 aliphatic rings. The molecule has 26 heavy (non-hydrogen) atoms. The lowest BCUT2D eigenvalue weighted by atomic mass is 10.1. The zero-order valence-electron chi connectivity index (χ0n) is 15.0. The van der Waals surface area contributed by atoms with Gasteiger partial charge in [-0.25, -0.2) is 9.78 Å². The van der Waals surface area contributed by atoms with Crippen molar-refractivity contribution in [2.75, 3.05) is 0 Å². The summed E-state index contributed by atoms with van der Waals surface area (Å²) in [6.07, 6.45) is 2.30. The Morgan fingerprint density at radius 1 is 1.12 bits per heavy atom. The molecule has 0 aliphatic carbocycles. The number of hydrogen-bond donors (Lipinski definition) is 1. The smallest absolute Gasteiger partial charge is 0.326 e. The molecule has 3 aromatic rings. The summed E-state index contributed by atoms with van der Waals surface area (Å²) in [4.78, 5) is 28.2. The number of carbonyl (C=O) groups is 2. The van der Waals surface area contributed by atoms with Crippen LogP contribution in [0.5, 0.6) is 0 Å². The lowest BCUT2D eigenvalue weighted by Gasteiger charge is -2.18. The number of aliphatic carboxylic acids is 1. The van der Waals surface area contributed by atoms with Crippen LogP contribution in [-0.4, -0.2) is 26.4 Å². The summed E-state index contributed by atoms with van der Waals surface area (Å²) in [6, 6.07) is 14.1. The van der Waals surface area contributed by atoms with Gasteiger partial charge in [-0.1, -0.05) is 56.2 Å². The summed E-state index contributed by atoms with van der Waals surface area (Å²) in [5, 5.41) is 9.83. The molecule has 0 saturated carbocycles. The second-order valence-electron chi connectivity index (χ2n) is 6.42. The third kappa shape index (κ3) is 3.38. The maximum absolute atomic E-state index is 12.0. The lowest BCUT2D eigenvalue weighted by molar-refractivity contribution is -0.141. The van der Waals surface area contributed by atoms with Gasteiger partial charge in [-0.3, -0.25) is 4.79 Å². The van der Waals surface area contributed by atoms with Crippen molar-refractivity contribution < 1.29 is 14.7 Å². The van der Waals surface area contributed by atoms with E-state index in [0.717, 1.165) is 29.4 Å². The SMILES string of the molecule is CCCCC(C(=O)O)n1c(-c2ccc(C(C)=O)cc2)nc2ccccc21. The third-order valence-electron chi connectivity index (χ3n) is 4.57. The van der Waals surface area contributed by atoms with Gasteiger partial charge >= 0.3 is 5.97 Å². The molecule has 134 valence electrons. The molecule has 1 atom stereocenters. The van der Waals surface area contributed by atoms with E-state index in [1.54, 1.807) is 12.1 Å². The first-order chi connectivity index (χ1) is 12.5. The van der Waals surface area contributed by atoms with Crippen molar-refractivity contribution in [2.45, 2.75) is 39.2 Å². The summed E-state index contributed by atoms with van der Waals surface area (Å²) < 4.78 is 1.82. The van der Waals surface area contributed by atoms with Crippen LogP contribution in [0.15, 0.2) is 48.5 Å². The van der Waals surface area contributed by atoms with E-state index in [4.69, 9.17) is 0 Å². The van der Waals surface area contributed by atoms with Crippen molar-refractivity contribution in [3.8, 4) is 11.4 Å². The summed E-state index contributed by atoms with van der Waals surface area (Å²) >= 11 is 0. The van der Waals surface area contributed by atoms with Crippen molar-refractivity contribution in [2.24, 2.45) is 0 Å². The molecule has 0 amide bonds. The number of ketones is 1. The number of aromatic nitrogens is 2. The molecule has 0 fully saturated rings. The second-order valence-corrected chi connectivity index (χ2v) is 6.42. The van der Waals surface area contributed by atoms with Crippen molar-refractivity contribution in [1.29, 1.82) is 0 Å². The number of rotatable bonds is 7. The van der Waals surface area contributed by atoms with Gasteiger partial charge in [0.25, 0.3) is 0 Å². The summed E-state index contributed by atoms with van der Waals surface area (Å²) in [5.41, 5.74) is 2.99. The molecule has 0 spiro atoms. The Morgan fingerprint density at radius 3 is 2.42 bits per heavy atom. The van der Waals surface area contributed by atoms with Gasteiger partial charge < -0.3 is 9.67 Å². The number of fused-ring (bicyclic) bond motifs is 1. The Balaban J connectivity index is 2.18. The molecule has 1 heterocycles. The largest absolute Gasteiger partial charge is 0.480 e. The number of unbranched alkanes of at least 4 members (excludes halogenated alkanes) is 1. The van der Waals surface area contributed by atoms with Crippen LogP contribution in [-0.2, 0) is 4.79 Å². The predicted molar refractivity (Wildman–Crippen MR) is 101 cm³/mol. The average Bonchev–Trinajstić information content (AvgIpc) is 3.01. The Kier molecular flexibility index (Phi) is 5.16. The number of hydrogen-bond acceptors (Lipinski definition) is 3. The number of carboxylic acids is 1. The molecule has 0 aliphatic heterocycles. The fourth-order valence-corrected chi connectivity index (χ4v) is 3.18. The highest BCUT2D eigenvalue weighted by molar-refractivity contribution is 5.94. The van der Waals surface area contributed by atoms with Gasteiger partial charge in [0.2, 0.25) is 0 Å². The fourth-order valence-electron chi connectivity index (χ4n) is 3.18. The molecule has 0 bridgehead atoms. The van der Waals surface area contributed by atoms with Crippen LogP contribution >= 0.6 is 0 Å². The molecule has 1 unspecified atom stereocenters. The number of nitrogens with zero attached hydrogens (tertiary/aromatic N) is 2. The molecule has 2 aromatic carbocycles. The van der Waals surface area contributed by atoms with Crippen LogP contribution in [0.25, 0.3) is 22.4 Å². The monoisotopic (exact) mass is 350 g/mol. The van der Waals surface area contributed by atoms with E-state index < -0.39 is 12.0 Å². The highest BCUT2D eigenvalue weighted by Gasteiger charge is 2.25. The van der Waals surface area contributed by atoms with E-state index in [0.29, 0.717) is 17.8 Å². The van der Waals surface area contributed by atoms with Gasteiger partial charge in [0, 0.05) is 11.1 Å². The number of carboxylic acid groups (broad SMARTS) is 1. The first-order valence-corrected chi connectivity index (χ1v) is 8.84. The molecule has 0 saturated heterocycles. The van der Waals surface area contributed by atoms with Crippen LogP contribution in [0.1, 0.15) is 49.5 Å². The molecular formula is C21H22N2O3. The minimum atomic E-state index is -0.858. The number of benzene rings is 2. The number of carbonyl (C=O) groups excluding carboxylic acids is 1. The van der Waals surface area contributed by atoms with Crippen LogP contribution in [0, 0.1) is 0 Å². The van der Waals surface area contributed by atoms with E-state index in [1.807, 2.05) is 47.9 Å². The fraction of sp³-hybridized carbons (Fsp3) is 0.286. The first-order valence-electron chi connectivity index (χ1n) is 8.84. The third-order valence-corrected chi connectivity index (χ3v) is 4.57. The summed E-state index contributed by atoms with van der Waals surface area (Å²) in [6.45, 7) is 3.57. The Labute approximate surface area is 152 Å². The van der Waals surface area contributed by atoms with Gasteiger partial charge in [0.05, 0.1) is 11.0 Å². The Bertz CT molecular complexity index is 942. The second kappa shape index (κ2) is 7.52. The zero-order valence-corrected chi connectivity index (χ0v) is 15.0. The molecule has 5 nitrogen and oxygen atoms in total. The topological polar surface area (TPSA) is 72.2 Å². The minimum Gasteiger partial charge on any atom is -0.480 e. The van der Waals surface area contributed by atoms with Gasteiger partial charge in [-0.2, -0.15) is 0 Å². The predicted octanol–water partition coefficient (Wildman–Crippen LogP) is 4.72. The van der Waals surface area contributed by atoms with Crippen LogP contribution in [0.4, 0.5) is 0 Å². The number of para-hydroxylation sites is 2. The summed E-state index contributed by atoms with van der Waals surface area (Å²) in [5.74, 6) is -0.246. The number of Topliss-reactive ketones (excluding diaryl/α,β-unsaturated/α-hetero) is 1.